The lowest BCUT2D eigenvalue weighted by Crippen LogP contribution is -2.22. The van der Waals surface area contributed by atoms with E-state index < -0.39 is 5.97 Å². The van der Waals surface area contributed by atoms with Gasteiger partial charge in [0.05, 0.1) is 5.56 Å². The Kier molecular flexibility index (Phi) is 4.22. The van der Waals surface area contributed by atoms with Crippen LogP contribution in [-0.4, -0.2) is 21.5 Å². The second-order valence-corrected chi connectivity index (χ2v) is 4.67. The summed E-state index contributed by atoms with van der Waals surface area (Å²) >= 11 is 5.60. The number of aromatic nitrogens is 1. The fourth-order valence-corrected chi connectivity index (χ4v) is 2.25. The summed E-state index contributed by atoms with van der Waals surface area (Å²) in [5, 5.41) is 10.2. The molecular formula is C14H14ClNO3. The van der Waals surface area contributed by atoms with Gasteiger partial charge in [0.2, 0.25) is 0 Å². The van der Waals surface area contributed by atoms with Gasteiger partial charge in [-0.2, -0.15) is 0 Å². The maximum atomic E-state index is 12.2. The molecule has 0 saturated carbocycles. The molecule has 19 heavy (non-hydrogen) atoms. The first-order chi connectivity index (χ1) is 9.15. The van der Waals surface area contributed by atoms with Crippen LogP contribution in [-0.2, 0) is 6.54 Å². The van der Waals surface area contributed by atoms with Gasteiger partial charge in [0.1, 0.15) is 0 Å². The molecule has 1 N–H and O–H groups in total. The largest absolute Gasteiger partial charge is 0.478 e. The van der Waals surface area contributed by atoms with Crippen molar-refractivity contribution in [3.05, 3.63) is 46.4 Å². The molecule has 0 bridgehead atoms. The van der Waals surface area contributed by atoms with E-state index in [1.807, 2.05) is 0 Å². The number of carboxylic acid groups (broad SMARTS) is 1. The van der Waals surface area contributed by atoms with Gasteiger partial charge in [-0.05, 0) is 18.9 Å². The summed E-state index contributed by atoms with van der Waals surface area (Å²) in [6, 6.07) is 6.77. The lowest BCUT2D eigenvalue weighted by molar-refractivity contribution is 0.0698. The number of pyridine rings is 1. The zero-order chi connectivity index (χ0) is 13.8. The van der Waals surface area contributed by atoms with Crippen LogP contribution >= 0.6 is 11.6 Å². The molecule has 0 radical (unpaired) electrons. The number of fused-ring (bicyclic) bond motifs is 1. The van der Waals surface area contributed by atoms with Crippen molar-refractivity contribution in [3.8, 4) is 0 Å². The molecule has 0 amide bonds. The number of benzene rings is 1. The Labute approximate surface area is 115 Å². The Morgan fingerprint density at radius 3 is 2.53 bits per heavy atom. The van der Waals surface area contributed by atoms with Gasteiger partial charge in [0.25, 0.3) is 5.56 Å². The van der Waals surface area contributed by atoms with Crippen molar-refractivity contribution in [2.45, 2.75) is 19.4 Å². The first kappa shape index (κ1) is 13.6. The molecule has 5 heteroatoms. The third-order valence-electron chi connectivity index (χ3n) is 3.01. The highest BCUT2D eigenvalue weighted by molar-refractivity contribution is 6.17. The number of hydrogen-bond donors (Lipinski definition) is 1. The Hall–Kier alpha value is -1.81. The van der Waals surface area contributed by atoms with E-state index >= 15 is 0 Å². The minimum atomic E-state index is -1.03. The average Bonchev–Trinajstić information content (AvgIpc) is 2.41. The summed E-state index contributed by atoms with van der Waals surface area (Å²) in [6.45, 7) is 0.483. The molecule has 0 atom stereocenters. The van der Waals surface area contributed by atoms with Crippen molar-refractivity contribution in [3.63, 3.8) is 0 Å². The van der Waals surface area contributed by atoms with Crippen LogP contribution in [0.2, 0.25) is 0 Å². The molecular weight excluding hydrogens is 266 g/mol. The average molecular weight is 280 g/mol. The summed E-state index contributed by atoms with van der Waals surface area (Å²) in [4.78, 5) is 23.5. The first-order valence-corrected chi connectivity index (χ1v) is 6.60. The zero-order valence-electron chi connectivity index (χ0n) is 10.3. The van der Waals surface area contributed by atoms with E-state index in [9.17, 15) is 14.7 Å². The van der Waals surface area contributed by atoms with Crippen LogP contribution in [0.15, 0.2) is 35.3 Å². The molecule has 1 aromatic carbocycles. The molecule has 0 spiro atoms. The van der Waals surface area contributed by atoms with Crippen molar-refractivity contribution in [2.75, 3.05) is 5.88 Å². The minimum absolute atomic E-state index is 0.154. The molecule has 0 fully saturated rings. The number of hydrogen-bond acceptors (Lipinski definition) is 2. The van der Waals surface area contributed by atoms with Crippen LogP contribution in [0.1, 0.15) is 23.2 Å². The topological polar surface area (TPSA) is 59.3 Å². The molecule has 0 aliphatic heterocycles. The Morgan fingerprint density at radius 1 is 1.21 bits per heavy atom. The first-order valence-electron chi connectivity index (χ1n) is 6.06. The Bertz CT molecular complexity index is 663. The van der Waals surface area contributed by atoms with Crippen LogP contribution in [0.4, 0.5) is 0 Å². The van der Waals surface area contributed by atoms with Crippen molar-refractivity contribution in [1.82, 2.24) is 4.57 Å². The fourth-order valence-electron chi connectivity index (χ4n) is 2.06. The molecule has 2 rings (SSSR count). The SMILES string of the molecule is O=C(O)c1cn(CCCCCl)c(=O)c2ccccc12. The van der Waals surface area contributed by atoms with Gasteiger partial charge in [-0.25, -0.2) is 4.79 Å². The van der Waals surface area contributed by atoms with Gasteiger partial charge in [-0.1, -0.05) is 18.2 Å². The highest BCUT2D eigenvalue weighted by atomic mass is 35.5. The normalized spacial score (nSPS) is 10.8. The molecule has 0 aliphatic rings. The number of alkyl halides is 1. The van der Waals surface area contributed by atoms with Gasteiger partial charge < -0.3 is 9.67 Å². The van der Waals surface area contributed by atoms with E-state index in [1.54, 1.807) is 24.3 Å². The molecule has 1 aromatic heterocycles. The lowest BCUT2D eigenvalue weighted by Gasteiger charge is -2.09. The summed E-state index contributed by atoms with van der Waals surface area (Å²) < 4.78 is 1.46. The van der Waals surface area contributed by atoms with Gasteiger partial charge in [0, 0.05) is 29.4 Å². The number of nitrogens with zero attached hydrogens (tertiary/aromatic N) is 1. The Balaban J connectivity index is 2.56. The monoisotopic (exact) mass is 279 g/mol. The number of halogens is 1. The van der Waals surface area contributed by atoms with Crippen LogP contribution in [0.5, 0.6) is 0 Å². The summed E-state index contributed by atoms with van der Waals surface area (Å²) in [5.41, 5.74) is -0.00348. The van der Waals surface area contributed by atoms with Crippen LogP contribution in [0.25, 0.3) is 10.8 Å². The molecule has 0 unspecified atom stereocenters. The van der Waals surface area contributed by atoms with E-state index in [2.05, 4.69) is 0 Å². The number of aromatic carboxylic acids is 1. The number of carboxylic acids is 1. The van der Waals surface area contributed by atoms with Crippen molar-refractivity contribution in [2.24, 2.45) is 0 Å². The molecule has 0 aliphatic carbocycles. The van der Waals surface area contributed by atoms with Crippen LogP contribution in [0.3, 0.4) is 0 Å². The summed E-state index contributed by atoms with van der Waals surface area (Å²) in [5.74, 6) is -0.490. The highest BCUT2D eigenvalue weighted by Gasteiger charge is 2.13. The van der Waals surface area contributed by atoms with Crippen LogP contribution in [0, 0.1) is 0 Å². The van der Waals surface area contributed by atoms with E-state index in [0.717, 1.165) is 12.8 Å². The predicted octanol–water partition coefficient (Wildman–Crippen LogP) is 2.72. The van der Waals surface area contributed by atoms with Crippen molar-refractivity contribution < 1.29 is 9.90 Å². The van der Waals surface area contributed by atoms with Gasteiger partial charge >= 0.3 is 5.97 Å². The molecule has 100 valence electrons. The summed E-state index contributed by atoms with van der Waals surface area (Å²) in [6.07, 6.45) is 2.96. The van der Waals surface area contributed by atoms with Crippen molar-refractivity contribution in [1.29, 1.82) is 0 Å². The zero-order valence-corrected chi connectivity index (χ0v) is 11.1. The number of carbonyl (C=O) groups is 1. The van der Waals surface area contributed by atoms with Crippen LogP contribution < -0.4 is 5.56 Å². The smallest absolute Gasteiger partial charge is 0.337 e. The van der Waals surface area contributed by atoms with E-state index in [4.69, 9.17) is 11.6 Å². The fraction of sp³-hybridized carbons (Fsp3) is 0.286. The van der Waals surface area contributed by atoms with Gasteiger partial charge in [-0.15, -0.1) is 11.6 Å². The number of rotatable bonds is 5. The third kappa shape index (κ3) is 2.79. The third-order valence-corrected chi connectivity index (χ3v) is 3.27. The second-order valence-electron chi connectivity index (χ2n) is 4.29. The standard InChI is InChI=1S/C14H14ClNO3/c15-7-3-4-8-16-9-12(14(18)19)10-5-1-2-6-11(10)13(16)17/h1-2,5-6,9H,3-4,7-8H2,(H,18,19). The summed E-state index contributed by atoms with van der Waals surface area (Å²) in [7, 11) is 0. The van der Waals surface area contributed by atoms with Crippen molar-refractivity contribution >= 4 is 28.3 Å². The second kappa shape index (κ2) is 5.89. The highest BCUT2D eigenvalue weighted by Crippen LogP contribution is 2.15. The predicted molar refractivity (Wildman–Crippen MR) is 75.1 cm³/mol. The molecule has 1 heterocycles. The maximum absolute atomic E-state index is 12.2. The van der Waals surface area contributed by atoms with E-state index in [0.29, 0.717) is 23.2 Å². The van der Waals surface area contributed by atoms with Gasteiger partial charge in [-0.3, -0.25) is 4.79 Å². The quantitative estimate of drug-likeness (QED) is 0.676. The minimum Gasteiger partial charge on any atom is -0.478 e. The maximum Gasteiger partial charge on any atom is 0.337 e. The van der Waals surface area contributed by atoms with Gasteiger partial charge in [0.15, 0.2) is 0 Å². The molecule has 0 saturated heterocycles. The molecule has 2 aromatic rings. The number of aryl methyl sites for hydroxylation is 1. The number of unbranched alkanes of at least 4 members (excludes halogenated alkanes) is 1. The van der Waals surface area contributed by atoms with E-state index in [1.165, 1.54) is 10.8 Å². The lowest BCUT2D eigenvalue weighted by atomic mass is 10.1. The Morgan fingerprint density at radius 2 is 1.89 bits per heavy atom. The molecule has 4 nitrogen and oxygen atoms in total. The van der Waals surface area contributed by atoms with E-state index in [-0.39, 0.29) is 11.1 Å².